The first-order valence-corrected chi connectivity index (χ1v) is 11.2. The van der Waals surface area contributed by atoms with Gasteiger partial charge in [0.1, 0.15) is 8.07 Å². The number of esters is 2. The molecule has 4 nitrogen and oxygen atoms in total. The highest BCUT2D eigenvalue weighted by molar-refractivity contribution is 7.00. The molecule has 0 saturated heterocycles. The van der Waals surface area contributed by atoms with E-state index in [0.29, 0.717) is 10.8 Å². The van der Waals surface area contributed by atoms with Gasteiger partial charge in [-0.25, -0.2) is 9.59 Å². The molecule has 1 aromatic rings. The maximum atomic E-state index is 13.0. The van der Waals surface area contributed by atoms with Gasteiger partial charge in [-0.1, -0.05) is 77.6 Å². The van der Waals surface area contributed by atoms with E-state index in [1.54, 1.807) is 0 Å². The third-order valence-corrected chi connectivity index (χ3v) is 12.2. The quantitative estimate of drug-likeness (QED) is 0.550. The molecule has 0 fully saturated rings. The lowest BCUT2D eigenvalue weighted by atomic mass is 9.99. The van der Waals surface area contributed by atoms with Gasteiger partial charge in [0.2, 0.25) is 0 Å². The van der Waals surface area contributed by atoms with Gasteiger partial charge in [-0.3, -0.25) is 0 Å². The molecule has 2 rings (SSSR count). The number of hydrogen-bond acceptors (Lipinski definition) is 4. The summed E-state index contributed by atoms with van der Waals surface area (Å²) in [6, 6.07) is 9.70. The molecule has 0 spiro atoms. The molecule has 0 radical (unpaired) electrons. The predicted octanol–water partition coefficient (Wildman–Crippen LogP) is 4.85. The van der Waals surface area contributed by atoms with Crippen molar-refractivity contribution in [3.8, 4) is 0 Å². The molecule has 0 saturated carbocycles. The van der Waals surface area contributed by atoms with Gasteiger partial charge in [-0.05, 0) is 21.2 Å². The van der Waals surface area contributed by atoms with Crippen LogP contribution >= 0.6 is 0 Å². The predicted molar refractivity (Wildman–Crippen MR) is 111 cm³/mol. The van der Waals surface area contributed by atoms with E-state index in [9.17, 15) is 9.59 Å². The van der Waals surface area contributed by atoms with Crippen LogP contribution in [0.1, 0.15) is 47.1 Å². The summed E-state index contributed by atoms with van der Waals surface area (Å²) in [5.74, 6) is -0.928. The van der Waals surface area contributed by atoms with Gasteiger partial charge in [0, 0.05) is 5.20 Å². The Bertz CT molecular complexity index is 791. The lowest BCUT2D eigenvalue weighted by molar-refractivity contribution is -0.138. The Morgan fingerprint density at radius 2 is 1.30 bits per heavy atom. The average molecular weight is 387 g/mol. The van der Waals surface area contributed by atoms with Crippen LogP contribution in [-0.4, -0.2) is 34.2 Å². The van der Waals surface area contributed by atoms with E-state index < -0.39 is 20.0 Å². The number of rotatable bonds is 3. The molecule has 0 bridgehead atoms. The molecule has 0 N–H and O–H groups in total. The molecular weight excluding hydrogens is 356 g/mol. The molecule has 146 valence electrons. The van der Waals surface area contributed by atoms with E-state index in [2.05, 4.69) is 47.2 Å². The molecule has 1 aliphatic heterocycles. The fourth-order valence-electron chi connectivity index (χ4n) is 4.53. The van der Waals surface area contributed by atoms with Crippen molar-refractivity contribution in [2.45, 2.75) is 51.6 Å². The van der Waals surface area contributed by atoms with Crippen molar-refractivity contribution in [1.82, 2.24) is 0 Å². The van der Waals surface area contributed by atoms with Gasteiger partial charge in [0.15, 0.2) is 0 Å². The standard InChI is InChI=1S/C22H30O4Si/c1-21(2,3)27(22(4,5)6)14-16(15-12-10-9-11-13-15)17(19(23)25-7)18(27)20(24)26-8/h9-14H,1-8H3. The zero-order valence-corrected chi connectivity index (χ0v) is 18.6. The number of benzene rings is 1. The van der Waals surface area contributed by atoms with Crippen LogP contribution in [0, 0.1) is 0 Å². The largest absolute Gasteiger partial charge is 0.466 e. The van der Waals surface area contributed by atoms with E-state index in [1.165, 1.54) is 14.2 Å². The van der Waals surface area contributed by atoms with Crippen molar-refractivity contribution >= 4 is 25.6 Å². The average Bonchev–Trinajstić information content (AvgIpc) is 2.98. The second kappa shape index (κ2) is 7.11. The summed E-state index contributed by atoms with van der Waals surface area (Å²) in [6.07, 6.45) is 0. The smallest absolute Gasteiger partial charge is 0.338 e. The van der Waals surface area contributed by atoms with E-state index >= 15 is 0 Å². The van der Waals surface area contributed by atoms with E-state index in [1.807, 2.05) is 30.3 Å². The molecule has 1 aliphatic rings. The van der Waals surface area contributed by atoms with Crippen molar-refractivity contribution in [2.75, 3.05) is 14.2 Å². The zero-order valence-electron chi connectivity index (χ0n) is 17.6. The Hall–Kier alpha value is -2.14. The Kier molecular flexibility index (Phi) is 5.58. The highest BCUT2D eigenvalue weighted by Crippen LogP contribution is 2.60. The number of carbonyl (C=O) groups is 2. The SMILES string of the molecule is COC(=O)C1=C(C(=O)OC)[Si](C(C)(C)C)(C(C)(C)C)C=C1c1ccccc1. The molecule has 0 unspecified atom stereocenters. The number of methoxy groups -OCH3 is 2. The lowest BCUT2D eigenvalue weighted by Gasteiger charge is -2.49. The fourth-order valence-corrected chi connectivity index (χ4v) is 11.1. The summed E-state index contributed by atoms with van der Waals surface area (Å²) in [4.78, 5) is 25.9. The summed E-state index contributed by atoms with van der Waals surface area (Å²) < 4.78 is 10.3. The Morgan fingerprint density at radius 1 is 0.815 bits per heavy atom. The summed E-state index contributed by atoms with van der Waals surface area (Å²) in [6.45, 7) is 12.9. The van der Waals surface area contributed by atoms with Gasteiger partial charge < -0.3 is 9.47 Å². The van der Waals surface area contributed by atoms with Crippen LogP contribution in [0.25, 0.3) is 5.57 Å². The van der Waals surface area contributed by atoms with Crippen LogP contribution in [0.4, 0.5) is 0 Å². The first-order valence-electron chi connectivity index (χ1n) is 9.12. The van der Waals surface area contributed by atoms with Crippen molar-refractivity contribution in [3.05, 3.63) is 52.4 Å². The van der Waals surface area contributed by atoms with Crippen molar-refractivity contribution in [1.29, 1.82) is 0 Å². The molecule has 1 aromatic carbocycles. The Balaban J connectivity index is 3.02. The molecular formula is C22H30O4Si. The Morgan fingerprint density at radius 3 is 1.70 bits per heavy atom. The normalized spacial score (nSPS) is 16.8. The highest BCUT2D eigenvalue weighted by atomic mass is 28.3. The van der Waals surface area contributed by atoms with Crippen molar-refractivity contribution in [2.24, 2.45) is 0 Å². The van der Waals surface area contributed by atoms with Crippen LogP contribution in [0.2, 0.25) is 10.1 Å². The van der Waals surface area contributed by atoms with E-state index in [4.69, 9.17) is 9.47 Å². The summed E-state index contributed by atoms with van der Waals surface area (Å²) >= 11 is 0. The number of carbonyl (C=O) groups excluding carboxylic acids is 2. The van der Waals surface area contributed by atoms with Gasteiger partial charge in [0.05, 0.1) is 19.8 Å². The molecule has 0 aliphatic carbocycles. The molecule has 0 atom stereocenters. The molecule has 0 amide bonds. The number of ether oxygens (including phenoxy) is 2. The second-order valence-corrected chi connectivity index (χ2v) is 14.4. The lowest BCUT2D eigenvalue weighted by Crippen LogP contribution is -2.53. The molecule has 1 heterocycles. The van der Waals surface area contributed by atoms with Gasteiger partial charge in [-0.2, -0.15) is 0 Å². The minimum absolute atomic E-state index is 0.218. The van der Waals surface area contributed by atoms with Crippen molar-refractivity contribution < 1.29 is 19.1 Å². The van der Waals surface area contributed by atoms with Gasteiger partial charge >= 0.3 is 11.9 Å². The van der Waals surface area contributed by atoms with Gasteiger partial charge in [0.25, 0.3) is 0 Å². The van der Waals surface area contributed by atoms with Crippen LogP contribution in [0.5, 0.6) is 0 Å². The molecule has 5 heteroatoms. The van der Waals surface area contributed by atoms with Crippen LogP contribution < -0.4 is 0 Å². The van der Waals surface area contributed by atoms with Crippen LogP contribution in [0.15, 0.2) is 46.8 Å². The summed E-state index contributed by atoms with van der Waals surface area (Å²) in [5, 5.41) is 0.0745. The maximum Gasteiger partial charge on any atom is 0.338 e. The fraction of sp³-hybridized carbons (Fsp3) is 0.455. The second-order valence-electron chi connectivity index (χ2n) is 8.97. The van der Waals surface area contributed by atoms with Crippen molar-refractivity contribution in [3.63, 3.8) is 0 Å². The monoisotopic (exact) mass is 386 g/mol. The third-order valence-electron chi connectivity index (χ3n) is 5.50. The van der Waals surface area contributed by atoms with Crippen LogP contribution in [-0.2, 0) is 19.1 Å². The zero-order chi connectivity index (χ0) is 20.6. The maximum absolute atomic E-state index is 13.0. The topological polar surface area (TPSA) is 52.6 Å². The Labute approximate surface area is 163 Å². The third kappa shape index (κ3) is 3.29. The molecule has 27 heavy (non-hydrogen) atoms. The van der Waals surface area contributed by atoms with Crippen LogP contribution in [0.3, 0.4) is 0 Å². The van der Waals surface area contributed by atoms with E-state index in [-0.39, 0.29) is 10.1 Å². The summed E-state index contributed by atoms with van der Waals surface area (Å²) in [5.41, 5.74) is 4.24. The first-order chi connectivity index (χ1) is 12.4. The van der Waals surface area contributed by atoms with Gasteiger partial charge in [-0.15, -0.1) is 0 Å². The minimum Gasteiger partial charge on any atom is -0.466 e. The minimum atomic E-state index is -2.69. The highest BCUT2D eigenvalue weighted by Gasteiger charge is 2.61. The summed E-state index contributed by atoms with van der Waals surface area (Å²) in [7, 11) is 0.0253. The number of hydrogen-bond donors (Lipinski definition) is 0. The van der Waals surface area contributed by atoms with E-state index in [0.717, 1.165) is 11.1 Å². The first kappa shape index (κ1) is 21.2. The molecule has 0 aromatic heterocycles.